The molecular formula is C10H9IN2O. The lowest BCUT2D eigenvalue weighted by Crippen LogP contribution is -1.98. The molecular weight excluding hydrogens is 291 g/mol. The summed E-state index contributed by atoms with van der Waals surface area (Å²) in [5, 5.41) is 9.06. The summed E-state index contributed by atoms with van der Waals surface area (Å²) in [5.74, 6) is 0. The second-order valence-corrected chi connectivity index (χ2v) is 4.14. The van der Waals surface area contributed by atoms with Crippen LogP contribution in [0.25, 0.3) is 5.69 Å². The van der Waals surface area contributed by atoms with E-state index in [0.717, 1.165) is 11.4 Å². The van der Waals surface area contributed by atoms with Crippen molar-refractivity contribution in [2.75, 3.05) is 0 Å². The van der Waals surface area contributed by atoms with Crippen molar-refractivity contribution in [1.29, 1.82) is 0 Å². The molecule has 0 aliphatic carbocycles. The Morgan fingerprint density at radius 3 is 2.64 bits per heavy atom. The van der Waals surface area contributed by atoms with Crippen molar-refractivity contribution >= 4 is 22.6 Å². The molecule has 1 aromatic heterocycles. The summed E-state index contributed by atoms with van der Waals surface area (Å²) in [5.41, 5.74) is 1.82. The molecule has 0 amide bonds. The van der Waals surface area contributed by atoms with Gasteiger partial charge in [-0.3, -0.25) is 0 Å². The standard InChI is InChI=1S/C10H9IN2O/c11-8-1-3-9(4-2-8)13-7-12-5-10(13)6-14/h1-5,7,14H,6H2. The van der Waals surface area contributed by atoms with E-state index in [1.807, 2.05) is 28.8 Å². The van der Waals surface area contributed by atoms with Crippen LogP contribution in [0.1, 0.15) is 5.69 Å². The lowest BCUT2D eigenvalue weighted by atomic mass is 10.3. The summed E-state index contributed by atoms with van der Waals surface area (Å²) >= 11 is 2.26. The van der Waals surface area contributed by atoms with Crippen molar-refractivity contribution in [1.82, 2.24) is 9.55 Å². The van der Waals surface area contributed by atoms with Gasteiger partial charge in [0.1, 0.15) is 0 Å². The van der Waals surface area contributed by atoms with Crippen LogP contribution in [0.5, 0.6) is 0 Å². The molecule has 1 N–H and O–H groups in total. The van der Waals surface area contributed by atoms with Crippen molar-refractivity contribution in [3.63, 3.8) is 0 Å². The molecule has 4 heteroatoms. The van der Waals surface area contributed by atoms with E-state index in [2.05, 4.69) is 27.6 Å². The zero-order valence-electron chi connectivity index (χ0n) is 7.39. The number of hydrogen-bond donors (Lipinski definition) is 1. The Morgan fingerprint density at radius 1 is 1.29 bits per heavy atom. The molecule has 0 radical (unpaired) electrons. The monoisotopic (exact) mass is 300 g/mol. The van der Waals surface area contributed by atoms with Crippen LogP contribution >= 0.6 is 22.6 Å². The third-order valence-electron chi connectivity index (χ3n) is 1.98. The average Bonchev–Trinajstić information content (AvgIpc) is 2.67. The SMILES string of the molecule is OCc1cncn1-c1ccc(I)cc1. The molecule has 72 valence electrons. The highest BCUT2D eigenvalue weighted by molar-refractivity contribution is 14.1. The Bertz CT molecular complexity index is 422. The zero-order valence-corrected chi connectivity index (χ0v) is 9.55. The first-order valence-electron chi connectivity index (χ1n) is 4.19. The van der Waals surface area contributed by atoms with E-state index < -0.39 is 0 Å². The van der Waals surface area contributed by atoms with Crippen LogP contribution in [0, 0.1) is 3.57 Å². The van der Waals surface area contributed by atoms with Gasteiger partial charge >= 0.3 is 0 Å². The second kappa shape index (κ2) is 4.10. The number of rotatable bonds is 2. The highest BCUT2D eigenvalue weighted by Gasteiger charge is 2.01. The van der Waals surface area contributed by atoms with Crippen LogP contribution < -0.4 is 0 Å². The van der Waals surface area contributed by atoms with E-state index in [9.17, 15) is 0 Å². The van der Waals surface area contributed by atoms with Gasteiger partial charge in [0.2, 0.25) is 0 Å². The summed E-state index contributed by atoms with van der Waals surface area (Å²) in [6.07, 6.45) is 3.37. The lowest BCUT2D eigenvalue weighted by molar-refractivity contribution is 0.274. The zero-order chi connectivity index (χ0) is 9.97. The third kappa shape index (κ3) is 1.80. The molecule has 0 saturated carbocycles. The normalized spacial score (nSPS) is 10.4. The molecule has 1 heterocycles. The molecule has 0 fully saturated rings. The highest BCUT2D eigenvalue weighted by Crippen LogP contribution is 2.13. The van der Waals surface area contributed by atoms with Gasteiger partial charge in [0, 0.05) is 9.26 Å². The number of aliphatic hydroxyl groups is 1. The third-order valence-corrected chi connectivity index (χ3v) is 2.70. The molecule has 14 heavy (non-hydrogen) atoms. The minimum absolute atomic E-state index is 0.00594. The second-order valence-electron chi connectivity index (χ2n) is 2.89. The molecule has 0 aliphatic heterocycles. The smallest absolute Gasteiger partial charge is 0.0995 e. The average molecular weight is 300 g/mol. The molecule has 0 spiro atoms. The molecule has 0 unspecified atom stereocenters. The van der Waals surface area contributed by atoms with Gasteiger partial charge < -0.3 is 9.67 Å². The van der Waals surface area contributed by atoms with Gasteiger partial charge in [-0.25, -0.2) is 4.98 Å². The predicted octanol–water partition coefficient (Wildman–Crippen LogP) is 1.97. The fourth-order valence-electron chi connectivity index (χ4n) is 1.27. The van der Waals surface area contributed by atoms with Crippen LogP contribution in [0.3, 0.4) is 0 Å². The van der Waals surface area contributed by atoms with Gasteiger partial charge in [0.05, 0.1) is 24.8 Å². The number of benzene rings is 1. The van der Waals surface area contributed by atoms with E-state index >= 15 is 0 Å². The Labute approximate surface area is 95.5 Å². The van der Waals surface area contributed by atoms with E-state index in [-0.39, 0.29) is 6.61 Å². The van der Waals surface area contributed by atoms with Gasteiger partial charge in [-0.05, 0) is 46.9 Å². The Balaban J connectivity index is 2.44. The van der Waals surface area contributed by atoms with Gasteiger partial charge in [-0.1, -0.05) is 0 Å². The molecule has 2 rings (SSSR count). The van der Waals surface area contributed by atoms with Crippen molar-refractivity contribution in [2.24, 2.45) is 0 Å². The largest absolute Gasteiger partial charge is 0.390 e. The van der Waals surface area contributed by atoms with Gasteiger partial charge in [0.25, 0.3) is 0 Å². The van der Waals surface area contributed by atoms with E-state index in [4.69, 9.17) is 5.11 Å². The van der Waals surface area contributed by atoms with Gasteiger partial charge in [0.15, 0.2) is 0 Å². The quantitative estimate of drug-likeness (QED) is 0.861. The van der Waals surface area contributed by atoms with Gasteiger partial charge in [-0.15, -0.1) is 0 Å². The molecule has 0 bridgehead atoms. The summed E-state index contributed by atoms with van der Waals surface area (Å²) in [4.78, 5) is 3.99. The number of aromatic nitrogens is 2. The molecule has 3 nitrogen and oxygen atoms in total. The number of halogens is 1. The Hall–Kier alpha value is -0.880. The minimum atomic E-state index is 0.00594. The fraction of sp³-hybridized carbons (Fsp3) is 0.100. The maximum atomic E-state index is 9.06. The molecule has 2 aromatic rings. The first-order valence-corrected chi connectivity index (χ1v) is 5.27. The van der Waals surface area contributed by atoms with Crippen LogP contribution in [-0.4, -0.2) is 14.7 Å². The molecule has 0 atom stereocenters. The van der Waals surface area contributed by atoms with Crippen molar-refractivity contribution in [2.45, 2.75) is 6.61 Å². The lowest BCUT2D eigenvalue weighted by Gasteiger charge is -2.05. The summed E-state index contributed by atoms with van der Waals surface area (Å²) in [6, 6.07) is 8.05. The van der Waals surface area contributed by atoms with E-state index in [0.29, 0.717) is 0 Å². The predicted molar refractivity (Wildman–Crippen MR) is 62.2 cm³/mol. The first kappa shape index (κ1) is 9.67. The first-order chi connectivity index (χ1) is 6.81. The topological polar surface area (TPSA) is 38.1 Å². The number of hydrogen-bond acceptors (Lipinski definition) is 2. The summed E-state index contributed by atoms with van der Waals surface area (Å²) in [7, 11) is 0. The molecule has 0 saturated heterocycles. The Morgan fingerprint density at radius 2 is 2.00 bits per heavy atom. The maximum absolute atomic E-state index is 9.06. The van der Waals surface area contributed by atoms with Crippen molar-refractivity contribution in [3.05, 3.63) is 46.1 Å². The molecule has 0 aliphatic rings. The van der Waals surface area contributed by atoms with E-state index in [1.54, 1.807) is 12.5 Å². The number of nitrogens with zero attached hydrogens (tertiary/aromatic N) is 2. The van der Waals surface area contributed by atoms with Crippen molar-refractivity contribution < 1.29 is 5.11 Å². The molecule has 1 aromatic carbocycles. The van der Waals surface area contributed by atoms with Crippen molar-refractivity contribution in [3.8, 4) is 5.69 Å². The summed E-state index contributed by atoms with van der Waals surface area (Å²) < 4.78 is 3.06. The maximum Gasteiger partial charge on any atom is 0.0995 e. The highest BCUT2D eigenvalue weighted by atomic mass is 127. The van der Waals surface area contributed by atoms with Crippen LogP contribution in [-0.2, 0) is 6.61 Å². The Kier molecular flexibility index (Phi) is 2.83. The van der Waals surface area contributed by atoms with Crippen LogP contribution in [0.2, 0.25) is 0 Å². The van der Waals surface area contributed by atoms with Crippen LogP contribution in [0.4, 0.5) is 0 Å². The summed E-state index contributed by atoms with van der Waals surface area (Å²) in [6.45, 7) is 0.00594. The number of imidazole rings is 1. The fourth-order valence-corrected chi connectivity index (χ4v) is 1.63. The number of aliphatic hydroxyl groups excluding tert-OH is 1. The van der Waals surface area contributed by atoms with E-state index in [1.165, 1.54) is 3.57 Å². The van der Waals surface area contributed by atoms with Crippen LogP contribution in [0.15, 0.2) is 36.8 Å². The minimum Gasteiger partial charge on any atom is -0.390 e. The van der Waals surface area contributed by atoms with Gasteiger partial charge in [-0.2, -0.15) is 0 Å².